The van der Waals surface area contributed by atoms with E-state index in [2.05, 4.69) is 6.07 Å². The average Bonchev–Trinajstić information content (AvgIpc) is 2.50. The van der Waals surface area contributed by atoms with Gasteiger partial charge in [-0.2, -0.15) is 5.26 Å². The van der Waals surface area contributed by atoms with Gasteiger partial charge < -0.3 is 4.90 Å². The Bertz CT molecular complexity index is 651. The van der Waals surface area contributed by atoms with Crippen LogP contribution < -0.4 is 0 Å². The minimum absolute atomic E-state index is 0.0863. The summed E-state index contributed by atoms with van der Waals surface area (Å²) in [5, 5.41) is 8.77. The van der Waals surface area contributed by atoms with E-state index in [1.807, 2.05) is 43.3 Å². The fourth-order valence-electron chi connectivity index (χ4n) is 2.06. The Morgan fingerprint density at radius 3 is 2.19 bits per heavy atom. The van der Waals surface area contributed by atoms with Gasteiger partial charge in [-0.3, -0.25) is 4.79 Å². The maximum Gasteiger partial charge on any atom is 0.227 e. The Morgan fingerprint density at radius 1 is 1.05 bits per heavy atom. The van der Waals surface area contributed by atoms with Gasteiger partial charge in [0.2, 0.25) is 5.91 Å². The monoisotopic (exact) mass is 278 g/mol. The molecule has 0 unspecified atom stereocenters. The number of aryl methyl sites for hydroxylation is 1. The van der Waals surface area contributed by atoms with Crippen LogP contribution in [0.5, 0.6) is 0 Å². The van der Waals surface area contributed by atoms with Crippen LogP contribution in [0.25, 0.3) is 0 Å². The highest BCUT2D eigenvalue weighted by Gasteiger charge is 2.10. The van der Waals surface area contributed by atoms with Gasteiger partial charge in [-0.05, 0) is 30.2 Å². The minimum atomic E-state index is 0.0863. The fraction of sp³-hybridized carbons (Fsp3) is 0.222. The number of hydrogen-bond acceptors (Lipinski definition) is 2. The van der Waals surface area contributed by atoms with Crippen LogP contribution in [0.4, 0.5) is 0 Å². The third-order valence-electron chi connectivity index (χ3n) is 3.40. The molecule has 2 rings (SSSR count). The molecule has 0 atom stereocenters. The second-order valence-corrected chi connectivity index (χ2v) is 5.22. The molecule has 2 aromatic rings. The standard InChI is InChI=1S/C18H18N2O/c1-14-3-5-15(6-4-14)11-18(21)20(2)13-17-9-7-16(12-19)8-10-17/h3-10H,11,13H2,1-2H3. The van der Waals surface area contributed by atoms with Crippen molar-refractivity contribution in [1.82, 2.24) is 4.90 Å². The van der Waals surface area contributed by atoms with Crippen LogP contribution in [-0.2, 0) is 17.8 Å². The molecule has 0 aliphatic carbocycles. The Labute approximate surface area is 125 Å². The van der Waals surface area contributed by atoms with Gasteiger partial charge in [0.25, 0.3) is 0 Å². The number of hydrogen-bond donors (Lipinski definition) is 0. The van der Waals surface area contributed by atoms with E-state index in [1.54, 1.807) is 24.1 Å². The van der Waals surface area contributed by atoms with Crippen LogP contribution >= 0.6 is 0 Å². The Hall–Kier alpha value is -2.60. The summed E-state index contributed by atoms with van der Waals surface area (Å²) < 4.78 is 0. The second kappa shape index (κ2) is 6.71. The normalized spacial score (nSPS) is 9.95. The van der Waals surface area contributed by atoms with Gasteiger partial charge in [0, 0.05) is 13.6 Å². The molecule has 1 amide bonds. The first-order valence-electron chi connectivity index (χ1n) is 6.87. The fourth-order valence-corrected chi connectivity index (χ4v) is 2.06. The molecule has 0 fully saturated rings. The zero-order chi connectivity index (χ0) is 15.2. The first-order valence-corrected chi connectivity index (χ1v) is 6.87. The summed E-state index contributed by atoms with van der Waals surface area (Å²) in [5.74, 6) is 0.0863. The Morgan fingerprint density at radius 2 is 1.62 bits per heavy atom. The number of rotatable bonds is 4. The zero-order valence-electron chi connectivity index (χ0n) is 12.3. The molecule has 106 valence electrons. The topological polar surface area (TPSA) is 44.1 Å². The van der Waals surface area contributed by atoms with Gasteiger partial charge in [0.05, 0.1) is 18.1 Å². The number of nitrogens with zero attached hydrogens (tertiary/aromatic N) is 2. The summed E-state index contributed by atoms with van der Waals surface area (Å²) in [6.07, 6.45) is 0.410. The predicted octanol–water partition coefficient (Wildman–Crippen LogP) is 3.07. The molecule has 3 heteroatoms. The van der Waals surface area contributed by atoms with Crippen molar-refractivity contribution in [3.05, 3.63) is 70.8 Å². The molecule has 0 aliphatic heterocycles. The zero-order valence-corrected chi connectivity index (χ0v) is 12.3. The lowest BCUT2D eigenvalue weighted by atomic mass is 10.1. The van der Waals surface area contributed by atoms with E-state index in [0.29, 0.717) is 18.5 Å². The summed E-state index contributed by atoms with van der Waals surface area (Å²) in [7, 11) is 1.80. The largest absolute Gasteiger partial charge is 0.341 e. The van der Waals surface area contributed by atoms with Crippen molar-refractivity contribution >= 4 is 5.91 Å². The second-order valence-electron chi connectivity index (χ2n) is 5.22. The Kier molecular flexibility index (Phi) is 4.73. The van der Waals surface area contributed by atoms with Crippen molar-refractivity contribution in [2.75, 3.05) is 7.05 Å². The number of carbonyl (C=O) groups excluding carboxylic acids is 1. The van der Waals surface area contributed by atoms with Gasteiger partial charge in [-0.1, -0.05) is 42.0 Å². The third kappa shape index (κ3) is 4.19. The first-order chi connectivity index (χ1) is 10.1. The first kappa shape index (κ1) is 14.8. The molecule has 0 spiro atoms. The number of carbonyl (C=O) groups is 1. The summed E-state index contributed by atoms with van der Waals surface area (Å²) in [4.78, 5) is 13.9. The van der Waals surface area contributed by atoms with Crippen LogP contribution in [0.2, 0.25) is 0 Å². The molecule has 0 saturated carbocycles. The van der Waals surface area contributed by atoms with E-state index in [1.165, 1.54) is 5.56 Å². The summed E-state index contributed by atoms with van der Waals surface area (Å²) in [6, 6.07) is 17.4. The lowest BCUT2D eigenvalue weighted by Crippen LogP contribution is -2.27. The van der Waals surface area contributed by atoms with E-state index < -0.39 is 0 Å². The van der Waals surface area contributed by atoms with Crippen LogP contribution in [0.3, 0.4) is 0 Å². The van der Waals surface area contributed by atoms with Crippen molar-refractivity contribution in [3.63, 3.8) is 0 Å². The van der Waals surface area contributed by atoms with E-state index in [9.17, 15) is 4.79 Å². The molecule has 3 nitrogen and oxygen atoms in total. The molecule has 21 heavy (non-hydrogen) atoms. The Balaban J connectivity index is 1.95. The molecular formula is C18H18N2O. The van der Waals surface area contributed by atoms with Crippen molar-refractivity contribution in [3.8, 4) is 6.07 Å². The van der Waals surface area contributed by atoms with E-state index in [0.717, 1.165) is 11.1 Å². The lowest BCUT2D eigenvalue weighted by Gasteiger charge is -2.17. The maximum absolute atomic E-state index is 12.2. The number of benzene rings is 2. The van der Waals surface area contributed by atoms with Crippen molar-refractivity contribution in [2.24, 2.45) is 0 Å². The molecular weight excluding hydrogens is 260 g/mol. The van der Waals surface area contributed by atoms with Crippen molar-refractivity contribution < 1.29 is 4.79 Å². The highest BCUT2D eigenvalue weighted by Crippen LogP contribution is 2.09. The molecule has 0 N–H and O–H groups in total. The highest BCUT2D eigenvalue weighted by atomic mass is 16.2. The summed E-state index contributed by atoms with van der Waals surface area (Å²) in [6.45, 7) is 2.58. The minimum Gasteiger partial charge on any atom is -0.341 e. The number of amides is 1. The smallest absolute Gasteiger partial charge is 0.227 e. The quantitative estimate of drug-likeness (QED) is 0.862. The van der Waals surface area contributed by atoms with Crippen LogP contribution in [0.15, 0.2) is 48.5 Å². The highest BCUT2D eigenvalue weighted by molar-refractivity contribution is 5.78. The van der Waals surface area contributed by atoms with Gasteiger partial charge in [-0.15, -0.1) is 0 Å². The molecule has 0 radical (unpaired) electrons. The molecule has 0 aliphatic rings. The van der Waals surface area contributed by atoms with Gasteiger partial charge in [-0.25, -0.2) is 0 Å². The maximum atomic E-state index is 12.2. The van der Waals surface area contributed by atoms with E-state index >= 15 is 0 Å². The van der Waals surface area contributed by atoms with E-state index in [-0.39, 0.29) is 5.91 Å². The average molecular weight is 278 g/mol. The predicted molar refractivity (Wildman–Crippen MR) is 82.5 cm³/mol. The third-order valence-corrected chi connectivity index (χ3v) is 3.40. The van der Waals surface area contributed by atoms with Crippen LogP contribution in [-0.4, -0.2) is 17.9 Å². The van der Waals surface area contributed by atoms with Gasteiger partial charge in [0.15, 0.2) is 0 Å². The van der Waals surface area contributed by atoms with Gasteiger partial charge in [0.1, 0.15) is 0 Å². The summed E-state index contributed by atoms with van der Waals surface area (Å²) in [5.41, 5.74) is 3.87. The number of nitriles is 1. The molecule has 0 saturated heterocycles. The van der Waals surface area contributed by atoms with Crippen LogP contribution in [0, 0.1) is 18.3 Å². The van der Waals surface area contributed by atoms with E-state index in [4.69, 9.17) is 5.26 Å². The molecule has 2 aromatic carbocycles. The molecule has 0 bridgehead atoms. The van der Waals surface area contributed by atoms with Crippen molar-refractivity contribution in [2.45, 2.75) is 19.9 Å². The van der Waals surface area contributed by atoms with Gasteiger partial charge >= 0.3 is 0 Å². The van der Waals surface area contributed by atoms with Crippen LogP contribution in [0.1, 0.15) is 22.3 Å². The molecule has 0 heterocycles. The molecule has 0 aromatic heterocycles. The lowest BCUT2D eigenvalue weighted by molar-refractivity contribution is -0.129. The summed E-state index contributed by atoms with van der Waals surface area (Å²) >= 11 is 0. The number of likely N-dealkylation sites (N-methyl/N-ethyl adjacent to an activating group) is 1. The van der Waals surface area contributed by atoms with Crippen molar-refractivity contribution in [1.29, 1.82) is 5.26 Å². The SMILES string of the molecule is Cc1ccc(CC(=O)N(C)Cc2ccc(C#N)cc2)cc1.